The Kier molecular flexibility index (Phi) is 6.57. The molecule has 0 aliphatic carbocycles. The molecule has 0 bridgehead atoms. The third kappa shape index (κ3) is 6.91. The molecule has 0 aromatic heterocycles. The van der Waals surface area contributed by atoms with Crippen molar-refractivity contribution >= 4 is 11.8 Å². The normalized spacial score (nSPS) is 19.9. The van der Waals surface area contributed by atoms with Crippen molar-refractivity contribution in [3.63, 3.8) is 0 Å². The molecule has 1 unspecified atom stereocenters. The fourth-order valence-electron chi connectivity index (χ4n) is 1.70. The molecule has 0 saturated carbocycles. The number of hydrogen-bond acceptors (Lipinski definition) is 4. The molecular weight excluding hydrogens is 222 g/mol. The summed E-state index contributed by atoms with van der Waals surface area (Å²) in [6.07, 6.45) is 2.33. The third-order valence-corrected chi connectivity index (χ3v) is 2.60. The van der Waals surface area contributed by atoms with Crippen LogP contribution in [0.5, 0.6) is 0 Å². The van der Waals surface area contributed by atoms with E-state index in [2.05, 4.69) is 10.6 Å². The van der Waals surface area contributed by atoms with Crippen molar-refractivity contribution in [2.75, 3.05) is 26.3 Å². The molecule has 1 aliphatic heterocycles. The predicted molar refractivity (Wildman–Crippen MR) is 63.3 cm³/mol. The van der Waals surface area contributed by atoms with Crippen LogP contribution in [0.1, 0.15) is 25.7 Å². The van der Waals surface area contributed by atoms with Gasteiger partial charge in [-0.15, -0.1) is 0 Å². The van der Waals surface area contributed by atoms with E-state index in [0.29, 0.717) is 32.6 Å². The number of carbonyl (C=O) groups excluding carboxylic acids is 2. The Morgan fingerprint density at radius 2 is 2.24 bits per heavy atom. The van der Waals surface area contributed by atoms with Gasteiger partial charge >= 0.3 is 0 Å². The van der Waals surface area contributed by atoms with Gasteiger partial charge in [0.1, 0.15) is 0 Å². The number of primary amides is 1. The number of carbonyl (C=O) groups is 2. The SMILES string of the molecule is NC(=O)CCCCNC(=O)CC1COCCN1. The summed E-state index contributed by atoms with van der Waals surface area (Å²) in [5, 5.41) is 6.04. The standard InChI is InChI=1S/C11H21N3O3/c12-10(15)3-1-2-4-14-11(16)7-9-8-17-6-5-13-9/h9,13H,1-8H2,(H2,12,15)(H,14,16). The summed E-state index contributed by atoms with van der Waals surface area (Å²) in [4.78, 5) is 22.0. The van der Waals surface area contributed by atoms with Crippen molar-refractivity contribution in [3.8, 4) is 0 Å². The molecule has 0 radical (unpaired) electrons. The van der Waals surface area contributed by atoms with Gasteiger partial charge in [0.05, 0.1) is 13.2 Å². The van der Waals surface area contributed by atoms with Crippen molar-refractivity contribution < 1.29 is 14.3 Å². The molecule has 6 heteroatoms. The van der Waals surface area contributed by atoms with Crippen LogP contribution in [0.25, 0.3) is 0 Å². The highest BCUT2D eigenvalue weighted by molar-refractivity contribution is 5.76. The van der Waals surface area contributed by atoms with Gasteiger partial charge in [0.2, 0.25) is 11.8 Å². The van der Waals surface area contributed by atoms with Crippen LogP contribution >= 0.6 is 0 Å². The smallest absolute Gasteiger partial charge is 0.221 e. The Hall–Kier alpha value is -1.14. The second kappa shape index (κ2) is 8.03. The minimum Gasteiger partial charge on any atom is -0.378 e. The molecule has 0 spiro atoms. The first-order chi connectivity index (χ1) is 8.18. The van der Waals surface area contributed by atoms with E-state index in [0.717, 1.165) is 19.4 Å². The monoisotopic (exact) mass is 243 g/mol. The highest BCUT2D eigenvalue weighted by Gasteiger charge is 2.16. The van der Waals surface area contributed by atoms with Crippen molar-refractivity contribution in [2.45, 2.75) is 31.7 Å². The first-order valence-corrected chi connectivity index (χ1v) is 6.04. The summed E-state index contributed by atoms with van der Waals surface area (Å²) in [6, 6.07) is 0.120. The molecule has 1 heterocycles. The summed E-state index contributed by atoms with van der Waals surface area (Å²) in [5.41, 5.74) is 5.01. The lowest BCUT2D eigenvalue weighted by Gasteiger charge is -2.23. The average molecular weight is 243 g/mol. The number of nitrogens with two attached hydrogens (primary N) is 1. The molecule has 17 heavy (non-hydrogen) atoms. The molecule has 6 nitrogen and oxygen atoms in total. The van der Waals surface area contributed by atoms with Crippen LogP contribution in [0.4, 0.5) is 0 Å². The summed E-state index contributed by atoms with van der Waals surface area (Å²) in [5.74, 6) is -0.271. The summed E-state index contributed by atoms with van der Waals surface area (Å²) in [7, 11) is 0. The zero-order valence-corrected chi connectivity index (χ0v) is 10.0. The quantitative estimate of drug-likeness (QED) is 0.507. The third-order valence-electron chi connectivity index (χ3n) is 2.60. The van der Waals surface area contributed by atoms with Gasteiger partial charge in [0, 0.05) is 32.0 Å². The van der Waals surface area contributed by atoms with E-state index in [1.165, 1.54) is 0 Å². The Morgan fingerprint density at radius 3 is 2.88 bits per heavy atom. The van der Waals surface area contributed by atoms with Crippen LogP contribution < -0.4 is 16.4 Å². The van der Waals surface area contributed by atoms with Crippen LogP contribution in [-0.2, 0) is 14.3 Å². The molecule has 4 N–H and O–H groups in total. The molecule has 0 aromatic rings. The van der Waals surface area contributed by atoms with Gasteiger partial charge in [0.25, 0.3) is 0 Å². The van der Waals surface area contributed by atoms with E-state index >= 15 is 0 Å². The van der Waals surface area contributed by atoms with E-state index in [4.69, 9.17) is 10.5 Å². The zero-order chi connectivity index (χ0) is 12.5. The molecule has 98 valence electrons. The number of hydrogen-bond donors (Lipinski definition) is 3. The maximum absolute atomic E-state index is 11.5. The van der Waals surface area contributed by atoms with Crippen LogP contribution in [0, 0.1) is 0 Å². The Labute approximate surface area is 101 Å². The molecule has 1 fully saturated rings. The van der Waals surface area contributed by atoms with Crippen molar-refractivity contribution in [2.24, 2.45) is 5.73 Å². The number of nitrogens with one attached hydrogen (secondary N) is 2. The van der Waals surface area contributed by atoms with Crippen LogP contribution in [0.3, 0.4) is 0 Å². The van der Waals surface area contributed by atoms with Crippen LogP contribution in [0.15, 0.2) is 0 Å². The molecule has 1 aliphatic rings. The van der Waals surface area contributed by atoms with Gasteiger partial charge in [-0.3, -0.25) is 9.59 Å². The number of unbranched alkanes of at least 4 members (excludes halogenated alkanes) is 1. The lowest BCUT2D eigenvalue weighted by atomic mass is 10.2. The number of amides is 2. The number of morpholine rings is 1. The molecular formula is C11H21N3O3. The number of rotatable bonds is 7. The predicted octanol–water partition coefficient (Wildman–Crippen LogP) is -0.863. The van der Waals surface area contributed by atoms with Gasteiger partial charge in [-0.2, -0.15) is 0 Å². The maximum atomic E-state index is 11.5. The zero-order valence-electron chi connectivity index (χ0n) is 10.0. The molecule has 0 aromatic carbocycles. The average Bonchev–Trinajstić information content (AvgIpc) is 2.29. The Morgan fingerprint density at radius 1 is 1.41 bits per heavy atom. The van der Waals surface area contributed by atoms with Gasteiger partial charge in [-0.05, 0) is 12.8 Å². The second-order valence-corrected chi connectivity index (χ2v) is 4.20. The van der Waals surface area contributed by atoms with Crippen LogP contribution in [0.2, 0.25) is 0 Å². The van der Waals surface area contributed by atoms with Crippen LogP contribution in [-0.4, -0.2) is 44.2 Å². The highest BCUT2D eigenvalue weighted by atomic mass is 16.5. The largest absolute Gasteiger partial charge is 0.378 e. The van der Waals surface area contributed by atoms with Gasteiger partial charge < -0.3 is 21.1 Å². The van der Waals surface area contributed by atoms with Crippen molar-refractivity contribution in [3.05, 3.63) is 0 Å². The first kappa shape index (κ1) is 13.9. The van der Waals surface area contributed by atoms with E-state index in [-0.39, 0.29) is 17.9 Å². The topological polar surface area (TPSA) is 93.5 Å². The van der Waals surface area contributed by atoms with E-state index in [9.17, 15) is 9.59 Å². The summed E-state index contributed by atoms with van der Waals surface area (Å²) < 4.78 is 5.26. The lowest BCUT2D eigenvalue weighted by molar-refractivity contribution is -0.122. The minimum absolute atomic E-state index is 0.0204. The second-order valence-electron chi connectivity index (χ2n) is 4.20. The summed E-state index contributed by atoms with van der Waals surface area (Å²) in [6.45, 7) is 2.70. The summed E-state index contributed by atoms with van der Waals surface area (Å²) >= 11 is 0. The Balaban J connectivity index is 1.98. The molecule has 2 amide bonds. The maximum Gasteiger partial charge on any atom is 0.221 e. The fourth-order valence-corrected chi connectivity index (χ4v) is 1.70. The fraction of sp³-hybridized carbons (Fsp3) is 0.818. The highest BCUT2D eigenvalue weighted by Crippen LogP contribution is 1.98. The Bertz CT molecular complexity index is 252. The molecule has 1 atom stereocenters. The van der Waals surface area contributed by atoms with Gasteiger partial charge in [0.15, 0.2) is 0 Å². The van der Waals surface area contributed by atoms with E-state index < -0.39 is 0 Å². The number of ether oxygens (including phenoxy) is 1. The van der Waals surface area contributed by atoms with E-state index in [1.807, 2.05) is 0 Å². The van der Waals surface area contributed by atoms with Crippen molar-refractivity contribution in [1.82, 2.24) is 10.6 Å². The first-order valence-electron chi connectivity index (χ1n) is 6.04. The van der Waals surface area contributed by atoms with E-state index in [1.54, 1.807) is 0 Å². The lowest BCUT2D eigenvalue weighted by Crippen LogP contribution is -2.44. The minimum atomic E-state index is -0.292. The van der Waals surface area contributed by atoms with Gasteiger partial charge in [-0.1, -0.05) is 0 Å². The van der Waals surface area contributed by atoms with Gasteiger partial charge in [-0.25, -0.2) is 0 Å². The molecule has 1 rings (SSSR count). The molecule has 1 saturated heterocycles. The van der Waals surface area contributed by atoms with Crippen molar-refractivity contribution in [1.29, 1.82) is 0 Å².